The molecule has 0 bridgehead atoms. The molecule has 0 saturated carbocycles. The van der Waals surface area contributed by atoms with Gasteiger partial charge in [-0.25, -0.2) is 4.79 Å². The van der Waals surface area contributed by atoms with Crippen LogP contribution in [-0.4, -0.2) is 70.5 Å². The van der Waals surface area contributed by atoms with Crippen molar-refractivity contribution in [3.63, 3.8) is 0 Å². The third kappa shape index (κ3) is 9.18. The van der Waals surface area contributed by atoms with Crippen LogP contribution >= 0.6 is 12.6 Å². The Morgan fingerprint density at radius 2 is 1.32 bits per heavy atom. The Balaban J connectivity index is 5.05. The summed E-state index contributed by atoms with van der Waals surface area (Å²) in [7, 11) is 0. The average Bonchev–Trinajstić information content (AvgIpc) is 2.58. The van der Waals surface area contributed by atoms with Crippen molar-refractivity contribution >= 4 is 48.1 Å². The van der Waals surface area contributed by atoms with Crippen LogP contribution in [0.5, 0.6) is 0 Å². The van der Waals surface area contributed by atoms with Gasteiger partial charge in [-0.1, -0.05) is 0 Å². The molecule has 14 heteroatoms. The quantitative estimate of drug-likeness (QED) is 0.143. The van der Waals surface area contributed by atoms with E-state index in [0.717, 1.165) is 0 Å². The molecule has 0 saturated heterocycles. The number of amides is 5. The van der Waals surface area contributed by atoms with Gasteiger partial charge < -0.3 is 38.3 Å². The van der Waals surface area contributed by atoms with Crippen LogP contribution in [0, 0.1) is 0 Å². The lowest BCUT2D eigenvalue weighted by atomic mass is 10.1. The number of carboxylic acid groups (broad SMARTS) is 1. The molecule has 0 aliphatic heterocycles. The molecule has 0 fully saturated rings. The summed E-state index contributed by atoms with van der Waals surface area (Å²) >= 11 is 3.84. The first kappa shape index (κ1) is 25.1. The molecule has 0 aromatic carbocycles. The van der Waals surface area contributed by atoms with Crippen LogP contribution in [-0.2, 0) is 28.8 Å². The van der Waals surface area contributed by atoms with Crippen molar-refractivity contribution in [2.24, 2.45) is 17.2 Å². The van der Waals surface area contributed by atoms with E-state index in [1.807, 2.05) is 5.32 Å². The first-order valence-electron chi connectivity index (χ1n) is 7.96. The first-order chi connectivity index (χ1) is 12.9. The summed E-state index contributed by atoms with van der Waals surface area (Å²) in [6.07, 6.45) is -1.21. The Kier molecular flexibility index (Phi) is 10.6. The van der Waals surface area contributed by atoms with Gasteiger partial charge in [0, 0.05) is 5.75 Å². The third-order valence-corrected chi connectivity index (χ3v) is 3.74. The number of primary amides is 2. The summed E-state index contributed by atoms with van der Waals surface area (Å²) in [5.41, 5.74) is 15.4. The molecule has 0 aromatic heterocycles. The van der Waals surface area contributed by atoms with Gasteiger partial charge in [0.1, 0.15) is 18.1 Å². The predicted molar refractivity (Wildman–Crippen MR) is 98.6 cm³/mol. The van der Waals surface area contributed by atoms with E-state index in [-0.39, 0.29) is 5.75 Å². The van der Waals surface area contributed by atoms with Gasteiger partial charge in [-0.3, -0.25) is 24.0 Å². The maximum Gasteiger partial charge on any atom is 0.326 e. The van der Waals surface area contributed by atoms with Crippen molar-refractivity contribution in [2.75, 3.05) is 5.75 Å². The largest absolute Gasteiger partial charge is 0.480 e. The van der Waals surface area contributed by atoms with Crippen molar-refractivity contribution in [1.82, 2.24) is 16.0 Å². The zero-order valence-corrected chi connectivity index (χ0v) is 15.9. The summed E-state index contributed by atoms with van der Waals surface area (Å²) in [5, 5.41) is 15.4. The summed E-state index contributed by atoms with van der Waals surface area (Å²) < 4.78 is 0. The number of thiol groups is 1. The average molecular weight is 420 g/mol. The summed E-state index contributed by atoms with van der Waals surface area (Å²) in [6, 6.07) is -5.31. The molecular formula is C14H24N6O7S. The molecule has 0 aliphatic rings. The Hall–Kier alpha value is -2.87. The van der Waals surface area contributed by atoms with Gasteiger partial charge in [0.25, 0.3) is 0 Å². The Bertz CT molecular complexity index is 644. The highest BCUT2D eigenvalue weighted by Gasteiger charge is 2.29. The minimum atomic E-state index is -1.58. The minimum absolute atomic E-state index is 0.0218. The molecule has 0 radical (unpaired) electrons. The van der Waals surface area contributed by atoms with Gasteiger partial charge in [0.2, 0.25) is 29.5 Å². The maximum atomic E-state index is 12.3. The smallest absolute Gasteiger partial charge is 0.326 e. The molecule has 0 spiro atoms. The standard InChI is InChI=1S/C14H24N6O7S/c1-5(11(23)20-8(14(26)27)3-10(17)22)18-13(25)7(2-9(16)21)19-12(24)6(15)4-28/h5-8,28H,2-4,15H2,1H3,(H2,16,21)(H2,17,22)(H,18,25)(H,19,24)(H,20,23)(H,26,27). The van der Waals surface area contributed by atoms with Crippen LogP contribution in [0.1, 0.15) is 19.8 Å². The molecule has 13 nitrogen and oxygen atoms in total. The second kappa shape index (κ2) is 11.8. The maximum absolute atomic E-state index is 12.3. The van der Waals surface area contributed by atoms with Crippen molar-refractivity contribution in [1.29, 1.82) is 0 Å². The van der Waals surface area contributed by atoms with Gasteiger partial charge in [-0.2, -0.15) is 12.6 Å². The van der Waals surface area contributed by atoms with Gasteiger partial charge in [0.05, 0.1) is 18.9 Å². The van der Waals surface area contributed by atoms with Gasteiger partial charge in [0.15, 0.2) is 0 Å². The molecule has 0 aromatic rings. The van der Waals surface area contributed by atoms with E-state index in [2.05, 4.69) is 23.3 Å². The van der Waals surface area contributed by atoms with Crippen molar-refractivity contribution in [2.45, 2.75) is 43.9 Å². The van der Waals surface area contributed by atoms with Crippen LogP contribution in [0.2, 0.25) is 0 Å². The number of rotatable bonds is 12. The molecule has 158 valence electrons. The van der Waals surface area contributed by atoms with Crippen LogP contribution < -0.4 is 33.2 Å². The first-order valence-corrected chi connectivity index (χ1v) is 8.59. The SMILES string of the molecule is CC(NC(=O)C(CC(N)=O)NC(=O)C(N)CS)C(=O)NC(CC(N)=O)C(=O)O. The monoisotopic (exact) mass is 420 g/mol. The molecule has 0 rings (SSSR count). The lowest BCUT2D eigenvalue weighted by molar-refractivity contribution is -0.143. The Morgan fingerprint density at radius 1 is 0.857 bits per heavy atom. The van der Waals surface area contributed by atoms with Gasteiger partial charge in [-0.05, 0) is 6.92 Å². The highest BCUT2D eigenvalue weighted by atomic mass is 32.1. The zero-order chi connectivity index (χ0) is 22.0. The molecular weight excluding hydrogens is 396 g/mol. The topological polar surface area (TPSA) is 237 Å². The number of hydrogen-bond acceptors (Lipinski definition) is 8. The van der Waals surface area contributed by atoms with Crippen molar-refractivity contribution in [3.05, 3.63) is 0 Å². The normalized spacial score (nSPS) is 14.7. The lowest BCUT2D eigenvalue weighted by Gasteiger charge is -2.22. The van der Waals surface area contributed by atoms with E-state index in [1.165, 1.54) is 6.92 Å². The second-order valence-electron chi connectivity index (χ2n) is 5.82. The number of nitrogens with two attached hydrogens (primary N) is 3. The highest BCUT2D eigenvalue weighted by molar-refractivity contribution is 7.80. The number of hydrogen-bond donors (Lipinski definition) is 8. The van der Waals surface area contributed by atoms with Gasteiger partial charge in [-0.15, -0.1) is 0 Å². The molecule has 10 N–H and O–H groups in total. The molecule has 0 heterocycles. The molecule has 4 unspecified atom stereocenters. The summed E-state index contributed by atoms with van der Waals surface area (Å²) in [5.74, 6) is -5.99. The summed E-state index contributed by atoms with van der Waals surface area (Å²) in [6.45, 7) is 1.22. The number of nitrogens with one attached hydrogen (secondary N) is 3. The molecule has 4 atom stereocenters. The molecule has 28 heavy (non-hydrogen) atoms. The minimum Gasteiger partial charge on any atom is -0.480 e. The fourth-order valence-corrected chi connectivity index (χ4v) is 2.02. The summed E-state index contributed by atoms with van der Waals surface area (Å²) in [4.78, 5) is 69.1. The highest BCUT2D eigenvalue weighted by Crippen LogP contribution is 1.98. The van der Waals surface area contributed by atoms with E-state index in [9.17, 15) is 28.8 Å². The predicted octanol–water partition coefficient (Wildman–Crippen LogP) is -4.45. The third-order valence-electron chi connectivity index (χ3n) is 3.34. The van der Waals surface area contributed by atoms with E-state index in [0.29, 0.717) is 0 Å². The Morgan fingerprint density at radius 3 is 1.75 bits per heavy atom. The fourth-order valence-electron chi connectivity index (χ4n) is 1.85. The van der Waals surface area contributed by atoms with E-state index in [4.69, 9.17) is 22.3 Å². The molecule has 0 aliphatic carbocycles. The number of carboxylic acids is 1. The van der Waals surface area contributed by atoms with Crippen LogP contribution in [0.25, 0.3) is 0 Å². The van der Waals surface area contributed by atoms with E-state index in [1.54, 1.807) is 0 Å². The zero-order valence-electron chi connectivity index (χ0n) is 15.0. The Labute approximate surface area is 165 Å². The lowest BCUT2D eigenvalue weighted by Crippen LogP contribution is -2.57. The van der Waals surface area contributed by atoms with Crippen LogP contribution in [0.15, 0.2) is 0 Å². The van der Waals surface area contributed by atoms with Crippen molar-refractivity contribution < 1.29 is 33.9 Å². The molecule has 5 amide bonds. The van der Waals surface area contributed by atoms with Gasteiger partial charge >= 0.3 is 5.97 Å². The fraction of sp³-hybridized carbons (Fsp3) is 0.571. The number of carbonyl (C=O) groups is 6. The number of aliphatic carboxylic acids is 1. The van der Waals surface area contributed by atoms with Crippen molar-refractivity contribution in [3.8, 4) is 0 Å². The second-order valence-corrected chi connectivity index (χ2v) is 6.19. The number of carbonyl (C=O) groups excluding carboxylic acids is 5. The van der Waals surface area contributed by atoms with Crippen LogP contribution in [0.4, 0.5) is 0 Å². The van der Waals surface area contributed by atoms with E-state index < -0.39 is 72.5 Å². The van der Waals surface area contributed by atoms with Crippen LogP contribution in [0.3, 0.4) is 0 Å². The van der Waals surface area contributed by atoms with E-state index >= 15 is 0 Å².